The van der Waals surface area contributed by atoms with E-state index in [1.165, 1.54) is 0 Å². The molecule has 0 bridgehead atoms. The lowest BCUT2D eigenvalue weighted by Crippen LogP contribution is -2.45. The fourth-order valence-corrected chi connectivity index (χ4v) is 5.06. The van der Waals surface area contributed by atoms with Crippen molar-refractivity contribution in [2.45, 2.75) is 43.9 Å². The first-order chi connectivity index (χ1) is 14.6. The van der Waals surface area contributed by atoms with Gasteiger partial charge in [0.05, 0.1) is 25.1 Å². The molecule has 0 radical (unpaired) electrons. The number of hydrogen-bond donors (Lipinski definition) is 2. The minimum Gasteiger partial charge on any atom is -0.378 e. The van der Waals surface area contributed by atoms with Gasteiger partial charge in [-0.3, -0.25) is 19.7 Å². The Bertz CT molecular complexity index is 956. The number of aryl methyl sites for hydroxylation is 1. The number of ether oxygens (including phenoxy) is 1. The summed E-state index contributed by atoms with van der Waals surface area (Å²) in [5.41, 5.74) is 2.79. The Balaban J connectivity index is 1.29. The average Bonchev–Trinajstić information content (AvgIpc) is 3.42. The molecule has 4 heterocycles. The number of hydrogen-bond acceptors (Lipinski definition) is 6. The quantitative estimate of drug-likeness (QED) is 0.768. The van der Waals surface area contributed by atoms with Gasteiger partial charge in [-0.25, -0.2) is 4.98 Å². The summed E-state index contributed by atoms with van der Waals surface area (Å²) < 4.78 is 5.43. The molecule has 5 rings (SSSR count). The van der Waals surface area contributed by atoms with E-state index in [4.69, 9.17) is 9.72 Å². The lowest BCUT2D eigenvalue weighted by Gasteiger charge is -2.39. The van der Waals surface area contributed by atoms with Gasteiger partial charge in [-0.2, -0.15) is 5.10 Å². The van der Waals surface area contributed by atoms with Gasteiger partial charge in [0.2, 0.25) is 11.9 Å². The van der Waals surface area contributed by atoms with Crippen molar-refractivity contribution in [3.05, 3.63) is 39.6 Å². The molecular weight excluding hydrogens is 384 g/mol. The molecule has 1 aliphatic carbocycles. The van der Waals surface area contributed by atoms with Crippen LogP contribution in [0.1, 0.15) is 42.5 Å². The van der Waals surface area contributed by atoms with E-state index in [0.29, 0.717) is 32.0 Å². The minimum atomic E-state index is -0.0774. The molecule has 2 saturated heterocycles. The van der Waals surface area contributed by atoms with Crippen LogP contribution in [-0.2, 0) is 27.8 Å². The standard InChI is InChI=1S/C21H28N6O3/c28-17(2-1-15-13-22-23-14-15)26-7-5-21(6-8-26)4-3-16-18(21)24-20(25-19(16)29)27-9-11-30-12-10-27/h13-14H,1-12H2,(H,22,23)(H,24,25,29). The van der Waals surface area contributed by atoms with Crippen LogP contribution >= 0.6 is 0 Å². The Morgan fingerprint density at radius 1 is 1.17 bits per heavy atom. The Morgan fingerprint density at radius 3 is 2.70 bits per heavy atom. The number of aromatic amines is 2. The molecule has 2 aliphatic heterocycles. The second-order valence-corrected chi connectivity index (χ2v) is 8.58. The molecule has 160 valence electrons. The van der Waals surface area contributed by atoms with E-state index >= 15 is 0 Å². The van der Waals surface area contributed by atoms with Crippen molar-refractivity contribution in [2.75, 3.05) is 44.3 Å². The van der Waals surface area contributed by atoms with Gasteiger partial charge in [0.15, 0.2) is 0 Å². The van der Waals surface area contributed by atoms with Crippen LogP contribution in [0.25, 0.3) is 0 Å². The maximum atomic E-state index is 12.7. The average molecular weight is 412 g/mol. The third kappa shape index (κ3) is 3.51. The molecule has 2 aromatic heterocycles. The zero-order chi connectivity index (χ0) is 20.6. The highest BCUT2D eigenvalue weighted by molar-refractivity contribution is 5.76. The zero-order valence-corrected chi connectivity index (χ0v) is 17.2. The molecule has 2 fully saturated rings. The van der Waals surface area contributed by atoms with Gasteiger partial charge in [0, 0.05) is 49.8 Å². The van der Waals surface area contributed by atoms with Crippen molar-refractivity contribution >= 4 is 11.9 Å². The van der Waals surface area contributed by atoms with Crippen molar-refractivity contribution in [2.24, 2.45) is 0 Å². The van der Waals surface area contributed by atoms with Crippen LogP contribution in [0.5, 0.6) is 0 Å². The van der Waals surface area contributed by atoms with Gasteiger partial charge in [-0.05, 0) is 37.7 Å². The van der Waals surface area contributed by atoms with Crippen molar-refractivity contribution in [1.29, 1.82) is 0 Å². The Kier molecular flexibility index (Phi) is 5.06. The smallest absolute Gasteiger partial charge is 0.255 e. The highest BCUT2D eigenvalue weighted by Gasteiger charge is 2.44. The van der Waals surface area contributed by atoms with Gasteiger partial charge < -0.3 is 14.5 Å². The number of fused-ring (bicyclic) bond motifs is 2. The van der Waals surface area contributed by atoms with E-state index in [1.54, 1.807) is 6.20 Å². The summed E-state index contributed by atoms with van der Waals surface area (Å²) in [6, 6.07) is 0. The molecular formula is C21H28N6O3. The highest BCUT2D eigenvalue weighted by atomic mass is 16.5. The molecule has 2 aromatic rings. The Morgan fingerprint density at radius 2 is 1.97 bits per heavy atom. The van der Waals surface area contributed by atoms with E-state index in [2.05, 4.69) is 20.1 Å². The Labute approximate surface area is 174 Å². The molecule has 9 heteroatoms. The number of nitrogens with zero attached hydrogens (tertiary/aromatic N) is 4. The number of morpholine rings is 1. The van der Waals surface area contributed by atoms with Crippen molar-refractivity contribution in [3.63, 3.8) is 0 Å². The summed E-state index contributed by atoms with van der Waals surface area (Å²) in [6.45, 7) is 4.25. The maximum Gasteiger partial charge on any atom is 0.255 e. The topological polar surface area (TPSA) is 107 Å². The highest BCUT2D eigenvalue weighted by Crippen LogP contribution is 2.44. The third-order valence-electron chi connectivity index (χ3n) is 6.93. The number of aromatic nitrogens is 4. The lowest BCUT2D eigenvalue weighted by atomic mass is 9.76. The summed E-state index contributed by atoms with van der Waals surface area (Å²) in [6.07, 6.45) is 8.28. The van der Waals surface area contributed by atoms with Crippen LogP contribution in [-0.4, -0.2) is 70.4 Å². The summed E-state index contributed by atoms with van der Waals surface area (Å²) >= 11 is 0. The predicted molar refractivity (Wildman–Crippen MR) is 111 cm³/mol. The number of likely N-dealkylation sites (tertiary alicyclic amines) is 1. The van der Waals surface area contributed by atoms with Crippen LogP contribution in [0, 0.1) is 0 Å². The first kappa shape index (κ1) is 19.3. The fourth-order valence-electron chi connectivity index (χ4n) is 5.06. The van der Waals surface area contributed by atoms with Crippen LogP contribution in [0.2, 0.25) is 0 Å². The lowest BCUT2D eigenvalue weighted by molar-refractivity contribution is -0.132. The summed E-state index contributed by atoms with van der Waals surface area (Å²) in [5.74, 6) is 0.860. The molecule has 3 aliphatic rings. The second-order valence-electron chi connectivity index (χ2n) is 8.58. The molecule has 2 N–H and O–H groups in total. The number of carbonyl (C=O) groups is 1. The van der Waals surface area contributed by atoms with Crippen LogP contribution in [0.3, 0.4) is 0 Å². The number of H-pyrrole nitrogens is 2. The molecule has 1 spiro atoms. The molecule has 9 nitrogen and oxygen atoms in total. The van der Waals surface area contributed by atoms with Crippen molar-refractivity contribution in [3.8, 4) is 0 Å². The van der Waals surface area contributed by atoms with E-state index in [0.717, 1.165) is 68.7 Å². The SMILES string of the molecule is O=C(CCc1cn[nH]c1)N1CCC2(CCc3c2nc(N2CCOCC2)[nH]c3=O)CC1. The molecule has 0 unspecified atom stereocenters. The van der Waals surface area contributed by atoms with E-state index < -0.39 is 0 Å². The van der Waals surface area contributed by atoms with Crippen LogP contribution < -0.4 is 10.5 Å². The monoisotopic (exact) mass is 412 g/mol. The fraction of sp³-hybridized carbons (Fsp3) is 0.619. The molecule has 1 amide bonds. The number of amides is 1. The predicted octanol–water partition coefficient (Wildman–Crippen LogP) is 0.769. The summed E-state index contributed by atoms with van der Waals surface area (Å²) in [5, 5.41) is 6.72. The van der Waals surface area contributed by atoms with Crippen molar-refractivity contribution < 1.29 is 9.53 Å². The van der Waals surface area contributed by atoms with Crippen LogP contribution in [0.15, 0.2) is 17.2 Å². The van der Waals surface area contributed by atoms with Gasteiger partial charge in [-0.1, -0.05) is 0 Å². The normalized spacial score (nSPS) is 20.5. The number of nitrogens with one attached hydrogen (secondary N) is 2. The molecule has 0 aromatic carbocycles. The first-order valence-corrected chi connectivity index (χ1v) is 10.9. The summed E-state index contributed by atoms with van der Waals surface area (Å²) in [4.78, 5) is 37.4. The van der Waals surface area contributed by atoms with Crippen molar-refractivity contribution in [1.82, 2.24) is 25.1 Å². The second kappa shape index (κ2) is 7.86. The first-order valence-electron chi connectivity index (χ1n) is 10.9. The van der Waals surface area contributed by atoms with E-state index in [9.17, 15) is 9.59 Å². The molecule has 30 heavy (non-hydrogen) atoms. The Hall–Kier alpha value is -2.68. The number of piperidine rings is 1. The van der Waals surface area contributed by atoms with Gasteiger partial charge in [0.1, 0.15) is 0 Å². The molecule has 0 saturated carbocycles. The number of anilines is 1. The van der Waals surface area contributed by atoms with Gasteiger partial charge in [0.25, 0.3) is 5.56 Å². The molecule has 0 atom stereocenters. The number of carbonyl (C=O) groups excluding carboxylic acids is 1. The maximum absolute atomic E-state index is 12.7. The third-order valence-corrected chi connectivity index (χ3v) is 6.93. The minimum absolute atomic E-state index is 0.00279. The van der Waals surface area contributed by atoms with E-state index in [1.807, 2.05) is 11.1 Å². The van der Waals surface area contributed by atoms with Crippen LogP contribution in [0.4, 0.5) is 5.95 Å². The van der Waals surface area contributed by atoms with Gasteiger partial charge >= 0.3 is 0 Å². The van der Waals surface area contributed by atoms with Gasteiger partial charge in [-0.15, -0.1) is 0 Å². The zero-order valence-electron chi connectivity index (χ0n) is 17.2. The largest absolute Gasteiger partial charge is 0.378 e. The van der Waals surface area contributed by atoms with E-state index in [-0.39, 0.29) is 16.9 Å². The summed E-state index contributed by atoms with van der Waals surface area (Å²) in [7, 11) is 0. The number of rotatable bonds is 4.